The topological polar surface area (TPSA) is 57.2 Å². The predicted octanol–water partition coefficient (Wildman–Crippen LogP) is 1.75. The second-order valence-corrected chi connectivity index (χ2v) is 5.08. The fraction of sp³-hybridized carbons (Fsp3) is 0.769. The summed E-state index contributed by atoms with van der Waals surface area (Å²) in [5, 5.41) is 3.18. The quantitative estimate of drug-likeness (QED) is 0.874. The van der Waals surface area contributed by atoms with Gasteiger partial charge in [0, 0.05) is 33.2 Å². The van der Waals surface area contributed by atoms with Gasteiger partial charge in [0.25, 0.3) is 0 Å². The van der Waals surface area contributed by atoms with Crippen LogP contribution in [-0.2, 0) is 0 Å². The SMILES string of the molecule is CCNc1nc(N(C)C)nc(N2CCCC2CC)n1. The third kappa shape index (κ3) is 3.05. The van der Waals surface area contributed by atoms with Gasteiger partial charge >= 0.3 is 0 Å². The lowest BCUT2D eigenvalue weighted by molar-refractivity contribution is 0.633. The van der Waals surface area contributed by atoms with Gasteiger partial charge in [-0.3, -0.25) is 0 Å². The van der Waals surface area contributed by atoms with Crippen molar-refractivity contribution in [1.29, 1.82) is 0 Å². The van der Waals surface area contributed by atoms with Gasteiger partial charge in [-0.2, -0.15) is 15.0 Å². The Kier molecular flexibility index (Phi) is 4.39. The van der Waals surface area contributed by atoms with E-state index in [0.29, 0.717) is 17.9 Å². The van der Waals surface area contributed by atoms with Crippen LogP contribution in [0.4, 0.5) is 17.8 Å². The molecule has 1 aliphatic rings. The van der Waals surface area contributed by atoms with Gasteiger partial charge in [-0.15, -0.1) is 0 Å². The molecule has 0 bridgehead atoms. The van der Waals surface area contributed by atoms with Crippen molar-refractivity contribution in [2.75, 3.05) is 42.3 Å². The fourth-order valence-electron chi connectivity index (χ4n) is 2.44. The predicted molar refractivity (Wildman–Crippen MR) is 79.0 cm³/mol. The Hall–Kier alpha value is -1.59. The molecule has 2 rings (SSSR count). The summed E-state index contributed by atoms with van der Waals surface area (Å²) in [7, 11) is 3.91. The second-order valence-electron chi connectivity index (χ2n) is 5.08. The van der Waals surface area contributed by atoms with Gasteiger partial charge in [0.2, 0.25) is 17.8 Å². The molecule has 0 radical (unpaired) electrons. The van der Waals surface area contributed by atoms with Crippen molar-refractivity contribution < 1.29 is 0 Å². The highest BCUT2D eigenvalue weighted by atomic mass is 15.4. The summed E-state index contributed by atoms with van der Waals surface area (Å²) in [5.74, 6) is 2.18. The zero-order valence-electron chi connectivity index (χ0n) is 12.3. The highest BCUT2D eigenvalue weighted by Crippen LogP contribution is 2.26. The first-order valence-corrected chi connectivity index (χ1v) is 7.09. The highest BCUT2D eigenvalue weighted by molar-refractivity contribution is 5.45. The molecular weight excluding hydrogens is 240 g/mol. The number of nitrogens with zero attached hydrogens (tertiary/aromatic N) is 5. The number of aromatic nitrogens is 3. The van der Waals surface area contributed by atoms with Crippen LogP contribution >= 0.6 is 0 Å². The monoisotopic (exact) mass is 264 g/mol. The Morgan fingerprint density at radius 2 is 2.05 bits per heavy atom. The second kappa shape index (κ2) is 6.04. The third-order valence-electron chi connectivity index (χ3n) is 3.45. The van der Waals surface area contributed by atoms with E-state index in [1.165, 1.54) is 12.8 Å². The van der Waals surface area contributed by atoms with Crippen LogP contribution in [0.5, 0.6) is 0 Å². The van der Waals surface area contributed by atoms with Crippen LogP contribution in [0, 0.1) is 0 Å². The highest BCUT2D eigenvalue weighted by Gasteiger charge is 2.26. The summed E-state index contributed by atoms with van der Waals surface area (Å²) < 4.78 is 0. The number of hydrogen-bond donors (Lipinski definition) is 1. The molecule has 1 N–H and O–H groups in total. The lowest BCUT2D eigenvalue weighted by atomic mass is 10.2. The maximum atomic E-state index is 4.58. The average Bonchev–Trinajstić information content (AvgIpc) is 2.87. The Balaban J connectivity index is 2.32. The van der Waals surface area contributed by atoms with Crippen molar-refractivity contribution in [3.05, 3.63) is 0 Å². The van der Waals surface area contributed by atoms with Crippen LogP contribution in [0.1, 0.15) is 33.1 Å². The van der Waals surface area contributed by atoms with E-state index in [-0.39, 0.29) is 0 Å². The maximum Gasteiger partial charge on any atom is 0.232 e. The molecule has 1 aliphatic heterocycles. The molecule has 0 amide bonds. The molecule has 0 spiro atoms. The van der Waals surface area contributed by atoms with Gasteiger partial charge in [-0.05, 0) is 26.2 Å². The summed E-state index contributed by atoms with van der Waals surface area (Å²) in [5.41, 5.74) is 0. The Morgan fingerprint density at radius 1 is 1.26 bits per heavy atom. The molecule has 0 aliphatic carbocycles. The zero-order chi connectivity index (χ0) is 13.8. The normalized spacial score (nSPS) is 18.7. The summed E-state index contributed by atoms with van der Waals surface area (Å²) in [4.78, 5) is 17.8. The van der Waals surface area contributed by atoms with Gasteiger partial charge in [0.05, 0.1) is 0 Å². The first-order valence-electron chi connectivity index (χ1n) is 7.09. The van der Waals surface area contributed by atoms with Crippen LogP contribution in [0.15, 0.2) is 0 Å². The standard InChI is InChI=1S/C13H24N6/c1-5-10-8-7-9-19(10)13-16-11(14-6-2)15-12(17-13)18(3)4/h10H,5-9H2,1-4H3,(H,14,15,16,17). The molecule has 106 valence electrons. The van der Waals surface area contributed by atoms with Gasteiger partial charge < -0.3 is 15.1 Å². The number of hydrogen-bond acceptors (Lipinski definition) is 6. The molecule has 6 nitrogen and oxygen atoms in total. The first kappa shape index (κ1) is 13.8. The Bertz CT molecular complexity index is 420. The van der Waals surface area contributed by atoms with Crippen molar-refractivity contribution in [3.63, 3.8) is 0 Å². The summed E-state index contributed by atoms with van der Waals surface area (Å²) in [6.07, 6.45) is 3.59. The van der Waals surface area contributed by atoms with Gasteiger partial charge in [0.15, 0.2) is 0 Å². The molecule has 0 saturated carbocycles. The van der Waals surface area contributed by atoms with Crippen molar-refractivity contribution in [3.8, 4) is 0 Å². The molecule has 1 fully saturated rings. The molecule has 1 atom stereocenters. The minimum Gasteiger partial charge on any atom is -0.354 e. The third-order valence-corrected chi connectivity index (χ3v) is 3.45. The van der Waals surface area contributed by atoms with Crippen LogP contribution < -0.4 is 15.1 Å². The number of rotatable bonds is 5. The fourth-order valence-corrected chi connectivity index (χ4v) is 2.44. The zero-order valence-corrected chi connectivity index (χ0v) is 12.3. The summed E-state index contributed by atoms with van der Waals surface area (Å²) >= 11 is 0. The van der Waals surface area contributed by atoms with Gasteiger partial charge in [-0.1, -0.05) is 6.92 Å². The largest absolute Gasteiger partial charge is 0.354 e. The minimum absolute atomic E-state index is 0.562. The first-order chi connectivity index (χ1) is 9.15. The number of nitrogens with one attached hydrogen (secondary N) is 1. The van der Waals surface area contributed by atoms with E-state index in [4.69, 9.17) is 0 Å². The lowest BCUT2D eigenvalue weighted by Gasteiger charge is -2.24. The maximum absolute atomic E-state index is 4.58. The molecule has 1 aromatic heterocycles. The molecule has 1 unspecified atom stereocenters. The van der Waals surface area contributed by atoms with Gasteiger partial charge in [0.1, 0.15) is 0 Å². The van der Waals surface area contributed by atoms with Crippen molar-refractivity contribution in [2.45, 2.75) is 39.2 Å². The van der Waals surface area contributed by atoms with Crippen LogP contribution in [0.25, 0.3) is 0 Å². The molecule has 2 heterocycles. The van der Waals surface area contributed by atoms with E-state index in [0.717, 1.165) is 25.5 Å². The van der Waals surface area contributed by atoms with E-state index in [1.54, 1.807) is 0 Å². The van der Waals surface area contributed by atoms with Crippen molar-refractivity contribution in [1.82, 2.24) is 15.0 Å². The smallest absolute Gasteiger partial charge is 0.232 e. The number of anilines is 3. The van der Waals surface area contributed by atoms with Crippen LogP contribution in [0.3, 0.4) is 0 Å². The summed E-state index contributed by atoms with van der Waals surface area (Å²) in [6.45, 7) is 6.13. The van der Waals surface area contributed by atoms with E-state index < -0.39 is 0 Å². The van der Waals surface area contributed by atoms with E-state index in [9.17, 15) is 0 Å². The summed E-state index contributed by atoms with van der Waals surface area (Å²) in [6, 6.07) is 0.562. The molecule has 1 saturated heterocycles. The van der Waals surface area contributed by atoms with E-state index >= 15 is 0 Å². The van der Waals surface area contributed by atoms with E-state index in [1.807, 2.05) is 25.9 Å². The van der Waals surface area contributed by atoms with Gasteiger partial charge in [-0.25, -0.2) is 0 Å². The molecule has 0 aromatic carbocycles. The average molecular weight is 264 g/mol. The molecule has 19 heavy (non-hydrogen) atoms. The molecular formula is C13H24N6. The Labute approximate surface area is 115 Å². The minimum atomic E-state index is 0.562. The van der Waals surface area contributed by atoms with Crippen LogP contribution in [-0.4, -0.2) is 48.2 Å². The van der Waals surface area contributed by atoms with Crippen molar-refractivity contribution in [2.24, 2.45) is 0 Å². The Morgan fingerprint density at radius 3 is 2.68 bits per heavy atom. The molecule has 6 heteroatoms. The van der Waals surface area contributed by atoms with Crippen molar-refractivity contribution >= 4 is 17.8 Å². The lowest BCUT2D eigenvalue weighted by Crippen LogP contribution is -2.31. The molecule has 1 aromatic rings. The van der Waals surface area contributed by atoms with Crippen LogP contribution in [0.2, 0.25) is 0 Å². The van der Waals surface area contributed by atoms with E-state index in [2.05, 4.69) is 32.1 Å².